The molecule has 2 heteroatoms. The van der Waals surface area contributed by atoms with E-state index in [4.69, 9.17) is 16.3 Å². The minimum atomic E-state index is 0.300. The third kappa shape index (κ3) is 3.67. The summed E-state index contributed by atoms with van der Waals surface area (Å²) in [7, 11) is 0. The van der Waals surface area contributed by atoms with E-state index in [0.29, 0.717) is 17.1 Å². The molecule has 0 N–H and O–H groups in total. The van der Waals surface area contributed by atoms with Gasteiger partial charge in [0.15, 0.2) is 0 Å². The zero-order valence-electron chi connectivity index (χ0n) is 12.2. The predicted molar refractivity (Wildman–Crippen MR) is 80.8 cm³/mol. The molecule has 19 heavy (non-hydrogen) atoms. The van der Waals surface area contributed by atoms with E-state index >= 15 is 0 Å². The van der Waals surface area contributed by atoms with Gasteiger partial charge in [-0.25, -0.2) is 0 Å². The molecular formula is C17H29ClO. The maximum atomic E-state index is 6.53. The van der Waals surface area contributed by atoms with Crippen LogP contribution in [0.2, 0.25) is 0 Å². The Morgan fingerprint density at radius 2 is 1.68 bits per heavy atom. The monoisotopic (exact) mass is 284 g/mol. The summed E-state index contributed by atoms with van der Waals surface area (Å²) in [4.78, 5) is 0. The summed E-state index contributed by atoms with van der Waals surface area (Å²) in [6.45, 7) is 0. The highest BCUT2D eigenvalue weighted by Gasteiger charge is 2.41. The first kappa shape index (κ1) is 14.2. The molecule has 2 saturated carbocycles. The zero-order chi connectivity index (χ0) is 13.1. The maximum absolute atomic E-state index is 6.53. The molecule has 3 atom stereocenters. The van der Waals surface area contributed by atoms with Crippen molar-refractivity contribution in [1.29, 1.82) is 0 Å². The number of alkyl halides is 1. The molecule has 0 radical (unpaired) electrons. The van der Waals surface area contributed by atoms with E-state index in [-0.39, 0.29) is 0 Å². The summed E-state index contributed by atoms with van der Waals surface area (Å²) in [5.74, 6) is 0.828. The van der Waals surface area contributed by atoms with Crippen LogP contribution in [0.3, 0.4) is 0 Å². The summed E-state index contributed by atoms with van der Waals surface area (Å²) >= 11 is 6.40. The minimum Gasteiger partial charge on any atom is -0.372 e. The van der Waals surface area contributed by atoms with E-state index in [0.717, 1.165) is 5.92 Å². The minimum absolute atomic E-state index is 0.300. The van der Waals surface area contributed by atoms with E-state index in [1.54, 1.807) is 0 Å². The molecule has 1 aliphatic heterocycles. The smallest absolute Gasteiger partial charge is 0.0687 e. The van der Waals surface area contributed by atoms with E-state index < -0.39 is 0 Å². The molecular weight excluding hydrogens is 256 g/mol. The number of hydrogen-bond donors (Lipinski definition) is 0. The van der Waals surface area contributed by atoms with Crippen molar-refractivity contribution in [3.63, 3.8) is 0 Å². The molecule has 1 heterocycles. The van der Waals surface area contributed by atoms with Gasteiger partial charge >= 0.3 is 0 Å². The van der Waals surface area contributed by atoms with Crippen molar-refractivity contribution in [3.8, 4) is 0 Å². The first-order valence-corrected chi connectivity index (χ1v) is 9.01. The van der Waals surface area contributed by atoms with Crippen molar-refractivity contribution >= 4 is 11.6 Å². The normalized spacial score (nSPS) is 39.3. The summed E-state index contributed by atoms with van der Waals surface area (Å²) in [6, 6.07) is 0. The maximum Gasteiger partial charge on any atom is 0.0687 e. The van der Waals surface area contributed by atoms with Crippen LogP contribution in [-0.4, -0.2) is 17.1 Å². The molecule has 1 spiro atoms. The predicted octanol–water partition coefficient (Wildman–Crippen LogP) is 5.45. The highest BCUT2D eigenvalue weighted by Crippen LogP contribution is 2.44. The second-order valence-electron chi connectivity index (χ2n) is 7.24. The van der Waals surface area contributed by atoms with Crippen LogP contribution in [0.4, 0.5) is 0 Å². The Balaban J connectivity index is 1.50. The van der Waals surface area contributed by atoms with Crippen LogP contribution in [0.1, 0.15) is 83.5 Å². The Bertz CT molecular complexity index is 285. The van der Waals surface area contributed by atoms with Crippen LogP contribution in [-0.2, 0) is 4.74 Å². The van der Waals surface area contributed by atoms with Gasteiger partial charge in [0.2, 0.25) is 0 Å². The van der Waals surface area contributed by atoms with Crippen molar-refractivity contribution in [3.05, 3.63) is 0 Å². The molecule has 1 saturated heterocycles. The molecule has 3 fully saturated rings. The molecule has 1 nitrogen and oxygen atoms in total. The number of rotatable bonds is 2. The van der Waals surface area contributed by atoms with E-state index in [9.17, 15) is 0 Å². The Labute approximate surface area is 123 Å². The fraction of sp³-hybridized carbons (Fsp3) is 1.00. The van der Waals surface area contributed by atoms with Crippen LogP contribution >= 0.6 is 11.6 Å². The molecule has 3 aliphatic rings. The lowest BCUT2D eigenvalue weighted by Gasteiger charge is -2.34. The van der Waals surface area contributed by atoms with E-state index in [1.807, 2.05) is 0 Å². The summed E-state index contributed by atoms with van der Waals surface area (Å²) in [5.41, 5.74) is 0.300. The highest BCUT2D eigenvalue weighted by atomic mass is 35.5. The van der Waals surface area contributed by atoms with Crippen LogP contribution in [0.5, 0.6) is 0 Å². The second kappa shape index (κ2) is 6.35. The standard InChI is InChI=1S/C17H29ClO/c18-15-7-3-2-6-14(12-15)13-16-8-11-17(19-16)9-4-1-5-10-17/h14-16H,1-13H2. The third-order valence-corrected chi connectivity index (χ3v) is 6.06. The summed E-state index contributed by atoms with van der Waals surface area (Å²) in [5, 5.41) is 0.428. The van der Waals surface area contributed by atoms with Gasteiger partial charge in [0, 0.05) is 5.38 Å². The SMILES string of the molecule is ClC1CCCCC(CC2CCC3(CCCCC3)O2)C1. The van der Waals surface area contributed by atoms with Crippen LogP contribution < -0.4 is 0 Å². The van der Waals surface area contributed by atoms with Crippen LogP contribution in [0.25, 0.3) is 0 Å². The van der Waals surface area contributed by atoms with Gasteiger partial charge in [-0.15, -0.1) is 11.6 Å². The first-order chi connectivity index (χ1) is 9.26. The van der Waals surface area contributed by atoms with Gasteiger partial charge in [-0.2, -0.15) is 0 Å². The Kier molecular flexibility index (Phi) is 4.74. The molecule has 3 unspecified atom stereocenters. The Hall–Kier alpha value is 0.250. The molecule has 110 valence electrons. The second-order valence-corrected chi connectivity index (χ2v) is 7.86. The molecule has 3 rings (SSSR count). The van der Waals surface area contributed by atoms with Gasteiger partial charge in [-0.3, -0.25) is 0 Å². The molecule has 0 amide bonds. The number of halogens is 1. The van der Waals surface area contributed by atoms with Gasteiger partial charge in [-0.1, -0.05) is 38.5 Å². The lowest BCUT2D eigenvalue weighted by atomic mass is 9.83. The van der Waals surface area contributed by atoms with Gasteiger partial charge in [0.1, 0.15) is 0 Å². The largest absolute Gasteiger partial charge is 0.372 e. The highest BCUT2D eigenvalue weighted by molar-refractivity contribution is 6.20. The average molecular weight is 285 g/mol. The van der Waals surface area contributed by atoms with Crippen LogP contribution in [0, 0.1) is 5.92 Å². The third-order valence-electron chi connectivity index (χ3n) is 5.67. The number of hydrogen-bond acceptors (Lipinski definition) is 1. The quantitative estimate of drug-likeness (QED) is 0.484. The number of ether oxygens (including phenoxy) is 1. The van der Waals surface area contributed by atoms with Gasteiger partial charge in [-0.05, 0) is 50.9 Å². The molecule has 0 aromatic carbocycles. The topological polar surface area (TPSA) is 9.23 Å². The van der Waals surface area contributed by atoms with E-state index in [2.05, 4.69) is 0 Å². The fourth-order valence-corrected chi connectivity index (χ4v) is 5.01. The average Bonchev–Trinajstić information content (AvgIpc) is 2.65. The van der Waals surface area contributed by atoms with Crippen molar-refractivity contribution < 1.29 is 4.74 Å². The van der Waals surface area contributed by atoms with Gasteiger partial charge < -0.3 is 4.74 Å². The zero-order valence-corrected chi connectivity index (χ0v) is 13.0. The van der Waals surface area contributed by atoms with E-state index in [1.165, 1.54) is 83.5 Å². The first-order valence-electron chi connectivity index (χ1n) is 8.58. The Morgan fingerprint density at radius 3 is 2.53 bits per heavy atom. The fourth-order valence-electron chi connectivity index (χ4n) is 4.61. The lowest BCUT2D eigenvalue weighted by Crippen LogP contribution is -2.32. The molecule has 0 aromatic heterocycles. The molecule has 0 aromatic rings. The molecule has 0 bridgehead atoms. The van der Waals surface area contributed by atoms with Crippen molar-refractivity contribution in [2.45, 2.75) is 101 Å². The Morgan fingerprint density at radius 1 is 0.895 bits per heavy atom. The summed E-state index contributed by atoms with van der Waals surface area (Å²) in [6.07, 6.45) is 17.9. The van der Waals surface area contributed by atoms with Crippen molar-refractivity contribution in [2.75, 3.05) is 0 Å². The van der Waals surface area contributed by atoms with Crippen molar-refractivity contribution in [1.82, 2.24) is 0 Å². The molecule has 2 aliphatic carbocycles. The summed E-state index contributed by atoms with van der Waals surface area (Å²) < 4.78 is 6.53. The van der Waals surface area contributed by atoms with Crippen molar-refractivity contribution in [2.24, 2.45) is 5.92 Å². The van der Waals surface area contributed by atoms with Gasteiger partial charge in [0.25, 0.3) is 0 Å². The van der Waals surface area contributed by atoms with Gasteiger partial charge in [0.05, 0.1) is 11.7 Å². The lowest BCUT2D eigenvalue weighted by molar-refractivity contribution is -0.0702. The van der Waals surface area contributed by atoms with Crippen LogP contribution in [0.15, 0.2) is 0 Å².